The van der Waals surface area contributed by atoms with Crippen molar-refractivity contribution in [3.63, 3.8) is 0 Å². The molecule has 0 heterocycles. The average molecular weight is 313 g/mol. The highest BCUT2D eigenvalue weighted by Crippen LogP contribution is 2.35. The van der Waals surface area contributed by atoms with E-state index in [0.717, 1.165) is 21.4 Å². The smallest absolute Gasteiger partial charge is 0.0606 e. The Morgan fingerprint density at radius 1 is 1.39 bits per heavy atom. The normalized spacial score (nSPS) is 16.2. The molecular formula is C14H21BrN2O. The van der Waals surface area contributed by atoms with Crippen molar-refractivity contribution in [1.29, 1.82) is 0 Å². The van der Waals surface area contributed by atoms with Crippen LogP contribution in [0, 0.1) is 6.92 Å². The SMILES string of the molecule is Cc1cc(N(CCO)C2CCCC2)c(Br)cc1N. The topological polar surface area (TPSA) is 49.5 Å². The van der Waals surface area contributed by atoms with E-state index >= 15 is 0 Å². The van der Waals surface area contributed by atoms with Crippen LogP contribution in [0.3, 0.4) is 0 Å². The molecule has 3 nitrogen and oxygen atoms in total. The predicted molar refractivity (Wildman–Crippen MR) is 80.0 cm³/mol. The van der Waals surface area contributed by atoms with Crippen LogP contribution in [0.1, 0.15) is 31.2 Å². The molecule has 1 aromatic carbocycles. The molecule has 0 saturated heterocycles. The minimum atomic E-state index is 0.187. The zero-order valence-corrected chi connectivity index (χ0v) is 12.4. The number of rotatable bonds is 4. The molecule has 1 aromatic rings. The van der Waals surface area contributed by atoms with Gasteiger partial charge in [0.15, 0.2) is 0 Å². The summed E-state index contributed by atoms with van der Waals surface area (Å²) >= 11 is 3.60. The summed E-state index contributed by atoms with van der Waals surface area (Å²) in [6.45, 7) is 2.90. The van der Waals surface area contributed by atoms with Crippen LogP contribution in [-0.2, 0) is 0 Å². The van der Waals surface area contributed by atoms with Crippen LogP contribution in [-0.4, -0.2) is 24.3 Å². The number of hydrogen-bond donors (Lipinski definition) is 2. The van der Waals surface area contributed by atoms with Crippen LogP contribution in [0.15, 0.2) is 16.6 Å². The molecule has 0 atom stereocenters. The predicted octanol–water partition coefficient (Wildman–Crippen LogP) is 3.08. The summed E-state index contributed by atoms with van der Waals surface area (Å²) in [5.41, 5.74) is 8.97. The third-order valence-corrected chi connectivity index (χ3v) is 4.39. The molecule has 0 bridgehead atoms. The van der Waals surface area contributed by atoms with Gasteiger partial charge in [-0.25, -0.2) is 0 Å². The van der Waals surface area contributed by atoms with Crippen molar-refractivity contribution in [3.05, 3.63) is 22.2 Å². The van der Waals surface area contributed by atoms with E-state index < -0.39 is 0 Å². The van der Waals surface area contributed by atoms with Gasteiger partial charge in [0.05, 0.1) is 12.3 Å². The van der Waals surface area contributed by atoms with Gasteiger partial charge in [-0.3, -0.25) is 0 Å². The number of nitrogens with two attached hydrogens (primary N) is 1. The third kappa shape index (κ3) is 2.81. The minimum Gasteiger partial charge on any atom is -0.398 e. The molecule has 0 radical (unpaired) electrons. The van der Waals surface area contributed by atoms with E-state index in [1.807, 2.05) is 13.0 Å². The van der Waals surface area contributed by atoms with Crippen molar-refractivity contribution in [2.24, 2.45) is 0 Å². The van der Waals surface area contributed by atoms with Crippen LogP contribution < -0.4 is 10.6 Å². The Bertz CT molecular complexity index is 417. The van der Waals surface area contributed by atoms with Crippen LogP contribution in [0.5, 0.6) is 0 Å². The molecule has 0 amide bonds. The molecule has 0 aromatic heterocycles. The van der Waals surface area contributed by atoms with Crippen LogP contribution >= 0.6 is 15.9 Å². The van der Waals surface area contributed by atoms with Crippen molar-refractivity contribution in [2.45, 2.75) is 38.6 Å². The standard InChI is InChI=1S/C14H21BrN2O/c1-10-8-14(12(15)9-13(10)16)17(6-7-18)11-4-2-3-5-11/h8-9,11,18H,2-7,16H2,1H3. The first-order chi connectivity index (χ1) is 8.63. The number of benzene rings is 1. The monoisotopic (exact) mass is 312 g/mol. The number of anilines is 2. The summed E-state index contributed by atoms with van der Waals surface area (Å²) in [5, 5.41) is 9.29. The van der Waals surface area contributed by atoms with Gasteiger partial charge < -0.3 is 15.7 Å². The Labute approximate surface area is 117 Å². The fourth-order valence-corrected chi connectivity index (χ4v) is 3.31. The second kappa shape index (κ2) is 5.93. The van der Waals surface area contributed by atoms with Gasteiger partial charge >= 0.3 is 0 Å². The second-order valence-corrected chi connectivity index (χ2v) is 5.87. The van der Waals surface area contributed by atoms with Crippen molar-refractivity contribution >= 4 is 27.3 Å². The van der Waals surface area contributed by atoms with Crippen LogP contribution in [0.2, 0.25) is 0 Å². The Balaban J connectivity index is 2.32. The van der Waals surface area contributed by atoms with Gasteiger partial charge in [0, 0.05) is 22.7 Å². The van der Waals surface area contributed by atoms with Crippen LogP contribution in [0.25, 0.3) is 0 Å². The molecule has 1 saturated carbocycles. The second-order valence-electron chi connectivity index (χ2n) is 5.02. The molecular weight excluding hydrogens is 292 g/mol. The molecule has 3 N–H and O–H groups in total. The highest BCUT2D eigenvalue weighted by molar-refractivity contribution is 9.10. The molecule has 4 heteroatoms. The van der Waals surface area contributed by atoms with Crippen molar-refractivity contribution in [3.8, 4) is 0 Å². The van der Waals surface area contributed by atoms with E-state index in [-0.39, 0.29) is 6.61 Å². The van der Waals surface area contributed by atoms with Crippen molar-refractivity contribution in [2.75, 3.05) is 23.8 Å². The summed E-state index contributed by atoms with van der Waals surface area (Å²) in [6.07, 6.45) is 5.02. The molecule has 18 heavy (non-hydrogen) atoms. The Kier molecular flexibility index (Phi) is 4.51. The number of aliphatic hydroxyl groups excluding tert-OH is 1. The summed E-state index contributed by atoms with van der Waals surface area (Å²) in [4.78, 5) is 2.32. The first-order valence-corrected chi connectivity index (χ1v) is 7.36. The fourth-order valence-electron chi connectivity index (χ4n) is 2.73. The number of nitrogens with zero attached hydrogens (tertiary/aromatic N) is 1. The Morgan fingerprint density at radius 2 is 2.06 bits per heavy atom. The molecule has 1 aliphatic rings. The molecule has 0 unspecified atom stereocenters. The first kappa shape index (κ1) is 13.7. The Hall–Kier alpha value is -0.740. The van der Waals surface area contributed by atoms with E-state index in [1.54, 1.807) is 0 Å². The highest BCUT2D eigenvalue weighted by Gasteiger charge is 2.24. The van der Waals surface area contributed by atoms with Gasteiger partial charge in [0.25, 0.3) is 0 Å². The van der Waals surface area contributed by atoms with Gasteiger partial charge in [-0.1, -0.05) is 12.8 Å². The Morgan fingerprint density at radius 3 is 2.67 bits per heavy atom. The van der Waals surface area contributed by atoms with Gasteiger partial charge in [-0.2, -0.15) is 0 Å². The summed E-state index contributed by atoms with van der Waals surface area (Å²) in [5.74, 6) is 0. The number of nitrogen functional groups attached to an aromatic ring is 1. The van der Waals surface area contributed by atoms with E-state index in [9.17, 15) is 5.11 Å². The molecule has 0 aliphatic heterocycles. The number of aryl methyl sites for hydroxylation is 1. The van der Waals surface area contributed by atoms with Crippen molar-refractivity contribution in [1.82, 2.24) is 0 Å². The van der Waals surface area contributed by atoms with E-state index in [4.69, 9.17) is 5.73 Å². The summed E-state index contributed by atoms with van der Waals surface area (Å²) < 4.78 is 1.02. The maximum atomic E-state index is 9.29. The lowest BCUT2D eigenvalue weighted by molar-refractivity contribution is 0.297. The quantitative estimate of drug-likeness (QED) is 0.840. The first-order valence-electron chi connectivity index (χ1n) is 6.56. The molecule has 1 fully saturated rings. The molecule has 100 valence electrons. The van der Waals surface area contributed by atoms with Crippen molar-refractivity contribution < 1.29 is 5.11 Å². The van der Waals surface area contributed by atoms with Gasteiger partial charge in [-0.05, 0) is 53.4 Å². The lowest BCUT2D eigenvalue weighted by atomic mass is 10.1. The average Bonchev–Trinajstić information content (AvgIpc) is 2.85. The molecule has 1 aliphatic carbocycles. The number of aliphatic hydroxyl groups is 1. The summed E-state index contributed by atoms with van der Waals surface area (Å²) in [7, 11) is 0. The van der Waals surface area contributed by atoms with Gasteiger partial charge in [0.1, 0.15) is 0 Å². The summed E-state index contributed by atoms with van der Waals surface area (Å²) in [6, 6.07) is 4.63. The van der Waals surface area contributed by atoms with Gasteiger partial charge in [0.2, 0.25) is 0 Å². The number of hydrogen-bond acceptors (Lipinski definition) is 3. The van der Waals surface area contributed by atoms with Gasteiger partial charge in [-0.15, -0.1) is 0 Å². The highest BCUT2D eigenvalue weighted by atomic mass is 79.9. The molecule has 2 rings (SSSR count). The van der Waals surface area contributed by atoms with E-state index in [2.05, 4.69) is 26.9 Å². The van der Waals surface area contributed by atoms with Crippen LogP contribution in [0.4, 0.5) is 11.4 Å². The minimum absolute atomic E-state index is 0.187. The fraction of sp³-hybridized carbons (Fsp3) is 0.571. The zero-order valence-electron chi connectivity index (χ0n) is 10.8. The maximum Gasteiger partial charge on any atom is 0.0606 e. The third-order valence-electron chi connectivity index (χ3n) is 3.75. The lowest BCUT2D eigenvalue weighted by Crippen LogP contribution is -2.36. The molecule has 0 spiro atoms. The lowest BCUT2D eigenvalue weighted by Gasteiger charge is -2.32. The van der Waals surface area contributed by atoms with E-state index in [1.165, 1.54) is 25.7 Å². The maximum absolute atomic E-state index is 9.29. The van der Waals surface area contributed by atoms with E-state index in [0.29, 0.717) is 12.6 Å². The number of halogens is 1. The largest absolute Gasteiger partial charge is 0.398 e. The zero-order chi connectivity index (χ0) is 13.1.